The van der Waals surface area contributed by atoms with Crippen molar-refractivity contribution < 1.29 is 17.9 Å². The molecule has 0 saturated carbocycles. The molecule has 3 aromatic rings. The zero-order chi connectivity index (χ0) is 19.6. The number of benzene rings is 2. The first kappa shape index (κ1) is 19.5. The number of ether oxygens (including phenoxy) is 2. The number of thiazole rings is 1. The minimum atomic E-state index is -3.97. The number of methoxy groups -OCH3 is 2. The second kappa shape index (κ2) is 7.75. The molecule has 3 rings (SSSR count). The van der Waals surface area contributed by atoms with E-state index in [1.807, 2.05) is 12.3 Å². The fraction of sp³-hybridized carbons (Fsp3) is 0.167. The average molecular weight is 425 g/mol. The Hall–Kier alpha value is -2.29. The van der Waals surface area contributed by atoms with Gasteiger partial charge in [0.15, 0.2) is 0 Å². The number of aromatic nitrogens is 1. The minimum Gasteiger partial charge on any atom is -0.495 e. The summed E-state index contributed by atoms with van der Waals surface area (Å²) in [7, 11) is -1.10. The number of aryl methyl sites for hydroxylation is 1. The summed E-state index contributed by atoms with van der Waals surface area (Å²) in [5.74, 6) is 0.576. The van der Waals surface area contributed by atoms with E-state index in [-0.39, 0.29) is 16.3 Å². The lowest BCUT2D eigenvalue weighted by Gasteiger charge is -2.15. The Bertz CT molecular complexity index is 1080. The first-order chi connectivity index (χ1) is 12.8. The van der Waals surface area contributed by atoms with Crippen molar-refractivity contribution in [2.24, 2.45) is 0 Å². The SMILES string of the molecule is COc1ccc(Cl)cc1NS(=O)(=O)c1cc(-c2csc(C)n2)ccc1OC. The normalized spacial score (nSPS) is 11.3. The fourth-order valence-corrected chi connectivity index (χ4v) is 4.55. The Labute approximate surface area is 166 Å². The Morgan fingerprint density at radius 1 is 1.07 bits per heavy atom. The molecular weight excluding hydrogens is 408 g/mol. The number of nitrogens with one attached hydrogen (secondary N) is 1. The summed E-state index contributed by atoms with van der Waals surface area (Å²) in [5, 5.41) is 3.15. The quantitative estimate of drug-likeness (QED) is 0.626. The molecule has 1 N–H and O–H groups in total. The largest absolute Gasteiger partial charge is 0.495 e. The molecule has 1 heterocycles. The highest BCUT2D eigenvalue weighted by Crippen LogP contribution is 2.34. The van der Waals surface area contributed by atoms with E-state index in [9.17, 15) is 8.42 Å². The van der Waals surface area contributed by atoms with Crippen LogP contribution in [0.3, 0.4) is 0 Å². The molecule has 9 heteroatoms. The highest BCUT2D eigenvalue weighted by atomic mass is 35.5. The van der Waals surface area contributed by atoms with Crippen molar-refractivity contribution in [1.29, 1.82) is 0 Å². The zero-order valence-corrected chi connectivity index (χ0v) is 17.2. The number of rotatable bonds is 6. The van der Waals surface area contributed by atoms with Crippen LogP contribution in [-0.2, 0) is 10.0 Å². The highest BCUT2D eigenvalue weighted by Gasteiger charge is 2.22. The van der Waals surface area contributed by atoms with Gasteiger partial charge in [-0.15, -0.1) is 11.3 Å². The second-order valence-electron chi connectivity index (χ2n) is 5.57. The van der Waals surface area contributed by atoms with Crippen molar-refractivity contribution in [2.45, 2.75) is 11.8 Å². The first-order valence-electron chi connectivity index (χ1n) is 7.81. The Kier molecular flexibility index (Phi) is 5.59. The molecule has 0 amide bonds. The minimum absolute atomic E-state index is 0.00446. The molecule has 0 unspecified atom stereocenters. The molecule has 0 radical (unpaired) electrons. The molecule has 0 aliphatic heterocycles. The summed E-state index contributed by atoms with van der Waals surface area (Å²) in [6, 6.07) is 9.60. The maximum absolute atomic E-state index is 13.0. The molecule has 0 spiro atoms. The molecule has 0 aliphatic carbocycles. The summed E-state index contributed by atoms with van der Waals surface area (Å²) >= 11 is 7.49. The first-order valence-corrected chi connectivity index (χ1v) is 10.5. The summed E-state index contributed by atoms with van der Waals surface area (Å²) in [4.78, 5) is 4.40. The van der Waals surface area contributed by atoms with E-state index in [0.717, 1.165) is 5.01 Å². The van der Waals surface area contributed by atoms with Gasteiger partial charge in [0.25, 0.3) is 10.0 Å². The highest BCUT2D eigenvalue weighted by molar-refractivity contribution is 7.92. The lowest BCUT2D eigenvalue weighted by Crippen LogP contribution is -2.15. The molecule has 6 nitrogen and oxygen atoms in total. The third-order valence-corrected chi connectivity index (χ3v) is 6.17. The van der Waals surface area contributed by atoms with Crippen molar-refractivity contribution in [3.8, 4) is 22.8 Å². The number of hydrogen-bond donors (Lipinski definition) is 1. The van der Waals surface area contributed by atoms with Gasteiger partial charge in [-0.05, 0) is 43.3 Å². The van der Waals surface area contributed by atoms with Crippen molar-refractivity contribution in [2.75, 3.05) is 18.9 Å². The number of hydrogen-bond acceptors (Lipinski definition) is 6. The van der Waals surface area contributed by atoms with Crippen molar-refractivity contribution >= 4 is 38.6 Å². The maximum atomic E-state index is 13.0. The van der Waals surface area contributed by atoms with E-state index in [1.165, 1.54) is 37.7 Å². The van der Waals surface area contributed by atoms with E-state index in [0.29, 0.717) is 22.0 Å². The third kappa shape index (κ3) is 4.18. The number of anilines is 1. The van der Waals surface area contributed by atoms with Gasteiger partial charge in [0.1, 0.15) is 16.4 Å². The number of halogens is 1. The average Bonchev–Trinajstić information content (AvgIpc) is 3.07. The van der Waals surface area contributed by atoms with Crippen molar-refractivity contribution in [3.63, 3.8) is 0 Å². The smallest absolute Gasteiger partial charge is 0.265 e. The molecule has 0 bridgehead atoms. The van der Waals surface area contributed by atoms with E-state index >= 15 is 0 Å². The predicted octanol–water partition coefficient (Wildman–Crippen LogP) is 4.59. The van der Waals surface area contributed by atoms with Gasteiger partial charge in [-0.3, -0.25) is 4.72 Å². The third-order valence-electron chi connectivity index (χ3n) is 3.77. The van der Waals surface area contributed by atoms with Crippen LogP contribution < -0.4 is 14.2 Å². The van der Waals surface area contributed by atoms with Gasteiger partial charge in [-0.1, -0.05) is 11.6 Å². The van der Waals surface area contributed by atoms with E-state index in [1.54, 1.807) is 24.3 Å². The van der Waals surface area contributed by atoms with Crippen LogP contribution in [-0.4, -0.2) is 27.6 Å². The van der Waals surface area contributed by atoms with Crippen LogP contribution in [0.25, 0.3) is 11.3 Å². The predicted molar refractivity (Wildman–Crippen MR) is 108 cm³/mol. The molecule has 142 valence electrons. The summed E-state index contributed by atoms with van der Waals surface area (Å²) in [6.45, 7) is 1.89. The molecule has 27 heavy (non-hydrogen) atoms. The van der Waals surface area contributed by atoms with Crippen LogP contribution in [0, 0.1) is 6.92 Å². The fourth-order valence-electron chi connectivity index (χ4n) is 2.50. The maximum Gasteiger partial charge on any atom is 0.265 e. The van der Waals surface area contributed by atoms with Crippen molar-refractivity contribution in [1.82, 2.24) is 4.98 Å². The van der Waals surface area contributed by atoms with Crippen LogP contribution >= 0.6 is 22.9 Å². The second-order valence-corrected chi connectivity index (χ2v) is 8.72. The molecule has 0 aliphatic rings. The van der Waals surface area contributed by atoms with E-state index in [4.69, 9.17) is 21.1 Å². The Balaban J connectivity index is 2.07. The number of nitrogens with zero attached hydrogens (tertiary/aromatic N) is 1. The molecule has 2 aromatic carbocycles. The summed E-state index contributed by atoms with van der Waals surface area (Å²) < 4.78 is 39.1. The topological polar surface area (TPSA) is 77.5 Å². The zero-order valence-electron chi connectivity index (χ0n) is 14.8. The number of sulfonamides is 1. The lowest BCUT2D eigenvalue weighted by molar-refractivity contribution is 0.403. The molecule has 0 fully saturated rings. The van der Waals surface area contributed by atoms with E-state index in [2.05, 4.69) is 9.71 Å². The van der Waals surface area contributed by atoms with Crippen LogP contribution in [0.2, 0.25) is 5.02 Å². The van der Waals surface area contributed by atoms with Crippen molar-refractivity contribution in [3.05, 3.63) is 51.8 Å². The van der Waals surface area contributed by atoms with Gasteiger partial charge < -0.3 is 9.47 Å². The van der Waals surface area contributed by atoms with E-state index < -0.39 is 10.0 Å². The molecule has 0 saturated heterocycles. The summed E-state index contributed by atoms with van der Waals surface area (Å²) in [6.07, 6.45) is 0. The molecule has 0 atom stereocenters. The van der Waals surface area contributed by atoms with Gasteiger partial charge in [-0.25, -0.2) is 13.4 Å². The van der Waals surface area contributed by atoms with Crippen LogP contribution in [0.15, 0.2) is 46.7 Å². The summed E-state index contributed by atoms with van der Waals surface area (Å²) in [5.41, 5.74) is 1.62. The van der Waals surface area contributed by atoms with Gasteiger partial charge in [0, 0.05) is 16.0 Å². The van der Waals surface area contributed by atoms with Crippen LogP contribution in [0.4, 0.5) is 5.69 Å². The Morgan fingerprint density at radius 3 is 2.41 bits per heavy atom. The molecular formula is C18H17ClN2O4S2. The lowest BCUT2D eigenvalue weighted by atomic mass is 10.2. The Morgan fingerprint density at radius 2 is 1.78 bits per heavy atom. The van der Waals surface area contributed by atoms with Crippen LogP contribution in [0.1, 0.15) is 5.01 Å². The van der Waals surface area contributed by atoms with Gasteiger partial charge >= 0.3 is 0 Å². The van der Waals surface area contributed by atoms with Gasteiger partial charge in [-0.2, -0.15) is 0 Å². The van der Waals surface area contributed by atoms with Gasteiger partial charge in [0.2, 0.25) is 0 Å². The standard InChI is InChI=1S/C18H17ClN2O4S2/c1-11-20-15(10-26-11)12-4-6-17(25-3)18(8-12)27(22,23)21-14-9-13(19)5-7-16(14)24-2/h4-10,21H,1-3H3. The van der Waals surface area contributed by atoms with Gasteiger partial charge in [0.05, 0.1) is 30.6 Å². The van der Waals surface area contributed by atoms with Crippen LogP contribution in [0.5, 0.6) is 11.5 Å². The monoisotopic (exact) mass is 424 g/mol. The molecule has 1 aromatic heterocycles.